The van der Waals surface area contributed by atoms with Crippen LogP contribution < -0.4 is 5.32 Å². The van der Waals surface area contributed by atoms with Gasteiger partial charge in [0, 0.05) is 22.3 Å². The van der Waals surface area contributed by atoms with Crippen LogP contribution in [0.4, 0.5) is 0 Å². The van der Waals surface area contributed by atoms with E-state index in [1.807, 2.05) is 45.0 Å². The molecular weight excluding hydrogens is 460 g/mol. The van der Waals surface area contributed by atoms with Crippen molar-refractivity contribution in [3.8, 4) is 0 Å². The molecule has 0 aliphatic rings. The number of nitrogens with zero attached hydrogens (tertiary/aromatic N) is 1. The van der Waals surface area contributed by atoms with Crippen LogP contribution in [-0.2, 0) is 21.9 Å². The van der Waals surface area contributed by atoms with Crippen LogP contribution in [0, 0.1) is 6.92 Å². The highest BCUT2D eigenvalue weighted by Crippen LogP contribution is 2.18. The maximum atomic E-state index is 13.1. The minimum absolute atomic E-state index is 0.0356. The van der Waals surface area contributed by atoms with Gasteiger partial charge in [-0.15, -0.1) is 11.8 Å². The maximum absolute atomic E-state index is 13.1. The topological polar surface area (TPSA) is 49.4 Å². The van der Waals surface area contributed by atoms with Crippen molar-refractivity contribution in [2.45, 2.75) is 58.5 Å². The summed E-state index contributed by atoms with van der Waals surface area (Å²) in [6.45, 7) is 10.1. The van der Waals surface area contributed by atoms with E-state index in [9.17, 15) is 9.59 Å². The Bertz CT molecular complexity index is 845. The first-order valence-electron chi connectivity index (χ1n) is 10.0. The predicted molar refractivity (Wildman–Crippen MR) is 129 cm³/mol. The summed E-state index contributed by atoms with van der Waals surface area (Å²) >= 11 is 5.01. The van der Waals surface area contributed by atoms with E-state index in [0.717, 1.165) is 15.8 Å². The maximum Gasteiger partial charge on any atom is 0.242 e. The molecule has 30 heavy (non-hydrogen) atoms. The van der Waals surface area contributed by atoms with Gasteiger partial charge in [0.15, 0.2) is 0 Å². The molecule has 0 heterocycles. The van der Waals surface area contributed by atoms with Gasteiger partial charge in [0.1, 0.15) is 6.04 Å². The summed E-state index contributed by atoms with van der Waals surface area (Å²) in [5.74, 6) is 0.918. The molecule has 2 amide bonds. The largest absolute Gasteiger partial charge is 0.350 e. The van der Waals surface area contributed by atoms with Crippen LogP contribution in [0.25, 0.3) is 0 Å². The van der Waals surface area contributed by atoms with E-state index in [4.69, 9.17) is 0 Å². The van der Waals surface area contributed by atoms with E-state index in [2.05, 4.69) is 52.4 Å². The molecule has 162 valence electrons. The second-order valence-electron chi connectivity index (χ2n) is 8.54. The van der Waals surface area contributed by atoms with Gasteiger partial charge in [0.25, 0.3) is 0 Å². The molecule has 0 saturated carbocycles. The normalized spacial score (nSPS) is 12.3. The van der Waals surface area contributed by atoms with Crippen molar-refractivity contribution >= 4 is 39.5 Å². The molecule has 2 aromatic carbocycles. The molecule has 0 fully saturated rings. The Labute approximate surface area is 192 Å². The van der Waals surface area contributed by atoms with Crippen LogP contribution in [0.3, 0.4) is 0 Å². The van der Waals surface area contributed by atoms with Crippen LogP contribution in [-0.4, -0.2) is 34.0 Å². The molecule has 1 atom stereocenters. The van der Waals surface area contributed by atoms with Crippen molar-refractivity contribution in [3.63, 3.8) is 0 Å². The number of halogens is 1. The molecule has 4 nitrogen and oxygen atoms in total. The van der Waals surface area contributed by atoms with Gasteiger partial charge in [0.2, 0.25) is 11.8 Å². The number of benzene rings is 2. The molecule has 0 aliphatic carbocycles. The highest BCUT2D eigenvalue weighted by Gasteiger charge is 2.28. The third-order valence-electron chi connectivity index (χ3n) is 4.55. The molecule has 0 unspecified atom stereocenters. The third-order valence-corrected chi connectivity index (χ3v) is 6.06. The fraction of sp³-hybridized carbons (Fsp3) is 0.417. The Morgan fingerprint density at radius 2 is 1.60 bits per heavy atom. The highest BCUT2D eigenvalue weighted by atomic mass is 79.9. The van der Waals surface area contributed by atoms with E-state index in [0.29, 0.717) is 12.3 Å². The Kier molecular flexibility index (Phi) is 8.98. The van der Waals surface area contributed by atoms with Crippen LogP contribution >= 0.6 is 27.7 Å². The van der Waals surface area contributed by atoms with Crippen LogP contribution in [0.5, 0.6) is 0 Å². The summed E-state index contributed by atoms with van der Waals surface area (Å²) in [7, 11) is 0. The quantitative estimate of drug-likeness (QED) is 0.544. The molecule has 0 radical (unpaired) electrons. The summed E-state index contributed by atoms with van der Waals surface area (Å²) in [5.41, 5.74) is 3.05. The van der Waals surface area contributed by atoms with Gasteiger partial charge in [-0.25, -0.2) is 0 Å². The number of rotatable bonds is 8. The lowest BCUT2D eigenvalue weighted by molar-refractivity contribution is -0.139. The number of carbonyl (C=O) groups is 2. The zero-order valence-corrected chi connectivity index (χ0v) is 20.8. The van der Waals surface area contributed by atoms with Crippen molar-refractivity contribution in [1.29, 1.82) is 0 Å². The van der Waals surface area contributed by atoms with E-state index in [1.165, 1.54) is 11.1 Å². The van der Waals surface area contributed by atoms with Gasteiger partial charge in [0.05, 0.1) is 5.75 Å². The van der Waals surface area contributed by atoms with Crippen LogP contribution in [0.15, 0.2) is 53.0 Å². The number of hydrogen-bond acceptors (Lipinski definition) is 3. The van der Waals surface area contributed by atoms with Crippen molar-refractivity contribution in [3.05, 3.63) is 69.7 Å². The number of thioether (sulfide) groups is 1. The lowest BCUT2D eigenvalue weighted by Gasteiger charge is -2.31. The number of nitrogens with one attached hydrogen (secondary N) is 1. The average Bonchev–Trinajstić information content (AvgIpc) is 2.67. The minimum atomic E-state index is -0.555. The molecule has 1 N–H and O–H groups in total. The Balaban J connectivity index is 2.08. The predicted octanol–water partition coefficient (Wildman–Crippen LogP) is 5.32. The van der Waals surface area contributed by atoms with Crippen molar-refractivity contribution in [2.24, 2.45) is 0 Å². The standard InChI is InChI=1S/C24H31BrN2O2S/c1-17-6-8-20(9-7-17)15-30-16-22(28)27(14-19-10-12-21(25)13-11-19)18(2)23(29)26-24(3,4)5/h6-13,18H,14-16H2,1-5H3,(H,26,29)/t18-/m0/s1. The molecular formula is C24H31BrN2O2S. The molecule has 2 rings (SSSR count). The fourth-order valence-corrected chi connectivity index (χ4v) is 4.00. The lowest BCUT2D eigenvalue weighted by atomic mass is 10.1. The molecule has 0 saturated heterocycles. The van der Waals surface area contributed by atoms with Gasteiger partial charge in [-0.2, -0.15) is 0 Å². The van der Waals surface area contributed by atoms with Gasteiger partial charge >= 0.3 is 0 Å². The molecule has 6 heteroatoms. The molecule has 0 aliphatic heterocycles. The van der Waals surface area contributed by atoms with Crippen molar-refractivity contribution in [2.75, 3.05) is 5.75 Å². The Morgan fingerprint density at radius 1 is 1.03 bits per heavy atom. The summed E-state index contributed by atoms with van der Waals surface area (Å²) in [6, 6.07) is 15.6. The van der Waals surface area contributed by atoms with E-state index in [1.54, 1.807) is 23.6 Å². The fourth-order valence-electron chi connectivity index (χ4n) is 2.87. The summed E-state index contributed by atoms with van der Waals surface area (Å²) in [4.78, 5) is 27.5. The second-order valence-corrected chi connectivity index (χ2v) is 10.4. The second kappa shape index (κ2) is 11.0. The minimum Gasteiger partial charge on any atom is -0.350 e. The Morgan fingerprint density at radius 3 is 2.17 bits per heavy atom. The third kappa shape index (κ3) is 8.15. The highest BCUT2D eigenvalue weighted by molar-refractivity contribution is 9.10. The number of hydrogen-bond donors (Lipinski definition) is 1. The SMILES string of the molecule is Cc1ccc(CSCC(=O)N(Cc2ccc(Br)cc2)[C@@H](C)C(=O)NC(C)(C)C)cc1. The van der Waals surface area contributed by atoms with E-state index >= 15 is 0 Å². The summed E-state index contributed by atoms with van der Waals surface area (Å²) in [5, 5.41) is 2.99. The smallest absolute Gasteiger partial charge is 0.242 e. The summed E-state index contributed by atoms with van der Waals surface area (Å²) in [6.07, 6.45) is 0. The molecule has 0 aromatic heterocycles. The summed E-state index contributed by atoms with van der Waals surface area (Å²) < 4.78 is 0.983. The van der Waals surface area contributed by atoms with Gasteiger partial charge in [-0.1, -0.05) is 57.9 Å². The zero-order valence-electron chi connectivity index (χ0n) is 18.4. The molecule has 0 bridgehead atoms. The first-order chi connectivity index (χ1) is 14.0. The number of aryl methyl sites for hydroxylation is 1. The Hall–Kier alpha value is -1.79. The molecule has 2 aromatic rings. The number of carbonyl (C=O) groups excluding carboxylic acids is 2. The first-order valence-corrected chi connectivity index (χ1v) is 12.0. The average molecular weight is 491 g/mol. The van der Waals surface area contributed by atoms with Gasteiger partial charge in [-0.3, -0.25) is 9.59 Å². The van der Waals surface area contributed by atoms with Gasteiger partial charge < -0.3 is 10.2 Å². The van der Waals surface area contributed by atoms with Crippen molar-refractivity contribution < 1.29 is 9.59 Å². The van der Waals surface area contributed by atoms with E-state index < -0.39 is 6.04 Å². The zero-order chi connectivity index (χ0) is 22.3. The van der Waals surface area contributed by atoms with Gasteiger partial charge in [-0.05, 0) is 57.9 Å². The number of amides is 2. The van der Waals surface area contributed by atoms with Crippen molar-refractivity contribution in [1.82, 2.24) is 10.2 Å². The first kappa shape index (κ1) is 24.5. The molecule has 0 spiro atoms. The van der Waals surface area contributed by atoms with Crippen LogP contribution in [0.1, 0.15) is 44.4 Å². The van der Waals surface area contributed by atoms with E-state index in [-0.39, 0.29) is 17.4 Å². The monoisotopic (exact) mass is 490 g/mol. The lowest BCUT2D eigenvalue weighted by Crippen LogP contribution is -2.52. The van der Waals surface area contributed by atoms with Crippen LogP contribution in [0.2, 0.25) is 0 Å².